The van der Waals surface area contributed by atoms with Crippen LogP contribution in [0.5, 0.6) is 0 Å². The number of esters is 1. The minimum Gasteiger partial charge on any atom is -0.451 e. The van der Waals surface area contributed by atoms with Crippen molar-refractivity contribution in [3.63, 3.8) is 0 Å². The average molecular weight is 439 g/mol. The van der Waals surface area contributed by atoms with Crippen LogP contribution in [0, 0.1) is 6.92 Å². The number of aromatic nitrogens is 1. The van der Waals surface area contributed by atoms with Gasteiger partial charge in [0, 0.05) is 16.8 Å². The van der Waals surface area contributed by atoms with Gasteiger partial charge < -0.3 is 4.74 Å². The van der Waals surface area contributed by atoms with Crippen LogP contribution >= 0.6 is 0 Å². The van der Waals surface area contributed by atoms with Crippen molar-refractivity contribution < 1.29 is 22.7 Å². The van der Waals surface area contributed by atoms with Crippen molar-refractivity contribution in [3.8, 4) is 11.3 Å². The number of hydrogen-bond acceptors (Lipinski definition) is 6. The second-order valence-corrected chi connectivity index (χ2v) is 8.81. The van der Waals surface area contributed by atoms with Gasteiger partial charge in [-0.25, -0.2) is 13.2 Å². The number of anilines is 1. The number of ether oxygens (including phenoxy) is 1. The number of Topliss-reactive ketones (excluding diaryl/α,β-unsaturated/α-hetero) is 1. The van der Waals surface area contributed by atoms with Gasteiger partial charge >= 0.3 is 5.97 Å². The molecule has 0 radical (unpaired) electrons. The normalized spacial score (nSPS) is 12.1. The number of rotatable bonds is 7. The van der Waals surface area contributed by atoms with Crippen LogP contribution in [0.2, 0.25) is 0 Å². The largest absolute Gasteiger partial charge is 0.451 e. The first-order chi connectivity index (χ1) is 14.6. The highest BCUT2D eigenvalue weighted by molar-refractivity contribution is 7.92. The summed E-state index contributed by atoms with van der Waals surface area (Å²) in [7, 11) is -3.41. The Morgan fingerprint density at radius 1 is 0.968 bits per heavy atom. The van der Waals surface area contributed by atoms with Crippen LogP contribution in [-0.2, 0) is 14.8 Å². The molecular weight excluding hydrogens is 416 g/mol. The highest BCUT2D eigenvalue weighted by Crippen LogP contribution is 2.20. The van der Waals surface area contributed by atoms with E-state index in [0.29, 0.717) is 16.9 Å². The first kappa shape index (κ1) is 22.2. The van der Waals surface area contributed by atoms with E-state index in [2.05, 4.69) is 9.71 Å². The number of carbonyl (C=O) groups is 2. The van der Waals surface area contributed by atoms with Crippen molar-refractivity contribution in [1.29, 1.82) is 0 Å². The molecule has 0 aliphatic carbocycles. The molecular formula is C23H22N2O5S. The topological polar surface area (TPSA) is 102 Å². The number of pyridine rings is 1. The summed E-state index contributed by atoms with van der Waals surface area (Å²) in [6.45, 7) is 3.20. The van der Waals surface area contributed by atoms with Crippen LogP contribution in [0.1, 0.15) is 33.3 Å². The molecule has 0 fully saturated rings. The fourth-order valence-corrected chi connectivity index (χ4v) is 3.54. The quantitative estimate of drug-likeness (QED) is 0.444. The molecule has 7 nitrogen and oxygen atoms in total. The fraction of sp³-hybridized carbons (Fsp3) is 0.174. The van der Waals surface area contributed by atoms with Gasteiger partial charge in [-0.1, -0.05) is 30.3 Å². The second-order valence-electron chi connectivity index (χ2n) is 7.06. The van der Waals surface area contributed by atoms with Crippen LogP contribution in [-0.4, -0.2) is 37.5 Å². The molecule has 160 valence electrons. The number of aryl methyl sites for hydroxylation is 1. The van der Waals surface area contributed by atoms with Crippen molar-refractivity contribution in [2.24, 2.45) is 0 Å². The molecule has 0 spiro atoms. The number of carbonyl (C=O) groups excluding carboxylic acids is 2. The molecule has 8 heteroatoms. The zero-order valence-corrected chi connectivity index (χ0v) is 18.1. The van der Waals surface area contributed by atoms with E-state index in [1.807, 2.05) is 30.3 Å². The summed E-state index contributed by atoms with van der Waals surface area (Å²) in [6, 6.07) is 18.8. The summed E-state index contributed by atoms with van der Waals surface area (Å²) >= 11 is 0. The summed E-state index contributed by atoms with van der Waals surface area (Å²) in [5.74, 6) is -1.04. The first-order valence-electron chi connectivity index (χ1n) is 9.50. The molecule has 1 N–H and O–H groups in total. The van der Waals surface area contributed by atoms with Crippen molar-refractivity contribution >= 4 is 27.5 Å². The zero-order chi connectivity index (χ0) is 22.6. The molecule has 1 atom stereocenters. The molecule has 0 unspecified atom stereocenters. The van der Waals surface area contributed by atoms with Gasteiger partial charge in [-0.2, -0.15) is 0 Å². The standard InChI is InChI=1S/C23H22N2O5S/c1-15-20(13-14-21(24-15)17-7-5-4-6-8-17)23(27)30-16(2)22(26)18-9-11-19(12-10-18)25-31(3,28)29/h4-14,16,25H,1-3H3/t16-/m0/s1. The summed E-state index contributed by atoms with van der Waals surface area (Å²) in [5.41, 5.74) is 3.09. The van der Waals surface area contributed by atoms with E-state index >= 15 is 0 Å². The number of ketones is 1. The summed E-state index contributed by atoms with van der Waals surface area (Å²) in [4.78, 5) is 29.7. The van der Waals surface area contributed by atoms with Crippen LogP contribution < -0.4 is 4.72 Å². The molecule has 1 aromatic heterocycles. The third-order valence-corrected chi connectivity index (χ3v) is 5.11. The summed E-state index contributed by atoms with van der Waals surface area (Å²) < 4.78 is 30.2. The molecule has 1 heterocycles. The Bertz CT molecular complexity index is 1210. The monoisotopic (exact) mass is 438 g/mol. The van der Waals surface area contributed by atoms with Gasteiger partial charge in [-0.3, -0.25) is 14.5 Å². The van der Waals surface area contributed by atoms with Crippen LogP contribution in [0.25, 0.3) is 11.3 Å². The molecule has 0 aliphatic rings. The van der Waals surface area contributed by atoms with Crippen molar-refractivity contribution in [2.75, 3.05) is 11.0 Å². The summed E-state index contributed by atoms with van der Waals surface area (Å²) in [6.07, 6.45) is 0.0195. The maximum Gasteiger partial charge on any atom is 0.340 e. The lowest BCUT2D eigenvalue weighted by Crippen LogP contribution is -2.25. The maximum absolute atomic E-state index is 12.6. The molecule has 0 amide bonds. The smallest absolute Gasteiger partial charge is 0.340 e. The van der Waals surface area contributed by atoms with Crippen molar-refractivity contribution in [3.05, 3.63) is 83.6 Å². The van der Waals surface area contributed by atoms with Gasteiger partial charge in [-0.15, -0.1) is 0 Å². The van der Waals surface area contributed by atoms with E-state index in [1.54, 1.807) is 19.1 Å². The average Bonchev–Trinajstić information content (AvgIpc) is 2.73. The molecule has 0 saturated heterocycles. The Balaban J connectivity index is 1.69. The Kier molecular flexibility index (Phi) is 6.50. The third-order valence-electron chi connectivity index (χ3n) is 4.50. The van der Waals surface area contributed by atoms with Gasteiger partial charge in [0.2, 0.25) is 15.8 Å². The molecule has 2 aromatic carbocycles. The van der Waals surface area contributed by atoms with Gasteiger partial charge in [-0.05, 0) is 50.2 Å². The number of benzene rings is 2. The van der Waals surface area contributed by atoms with E-state index < -0.39 is 27.9 Å². The predicted octanol–water partition coefficient (Wildman–Crippen LogP) is 3.86. The van der Waals surface area contributed by atoms with E-state index in [0.717, 1.165) is 17.5 Å². The number of sulfonamides is 1. The minimum atomic E-state index is -3.41. The van der Waals surface area contributed by atoms with Crippen LogP contribution in [0.3, 0.4) is 0 Å². The van der Waals surface area contributed by atoms with E-state index in [9.17, 15) is 18.0 Å². The van der Waals surface area contributed by atoms with Crippen molar-refractivity contribution in [1.82, 2.24) is 4.98 Å². The van der Waals surface area contributed by atoms with E-state index in [4.69, 9.17) is 4.74 Å². The molecule has 0 saturated carbocycles. The molecule has 3 aromatic rings. The second kappa shape index (κ2) is 9.09. The highest BCUT2D eigenvalue weighted by atomic mass is 32.2. The lowest BCUT2D eigenvalue weighted by molar-refractivity contribution is 0.0317. The Morgan fingerprint density at radius 3 is 2.19 bits per heavy atom. The SMILES string of the molecule is Cc1nc(-c2ccccc2)ccc1C(=O)O[C@@H](C)C(=O)c1ccc(NS(C)(=O)=O)cc1. The highest BCUT2D eigenvalue weighted by Gasteiger charge is 2.22. The molecule has 0 aliphatic heterocycles. The maximum atomic E-state index is 12.6. The summed E-state index contributed by atoms with van der Waals surface area (Å²) in [5, 5.41) is 0. The number of nitrogens with one attached hydrogen (secondary N) is 1. The molecule has 0 bridgehead atoms. The van der Waals surface area contributed by atoms with Gasteiger partial charge in [0.15, 0.2) is 6.10 Å². The fourth-order valence-electron chi connectivity index (χ4n) is 2.98. The Labute approximate surface area is 181 Å². The zero-order valence-electron chi connectivity index (χ0n) is 17.3. The lowest BCUT2D eigenvalue weighted by atomic mass is 10.1. The van der Waals surface area contributed by atoms with Crippen molar-refractivity contribution in [2.45, 2.75) is 20.0 Å². The van der Waals surface area contributed by atoms with Gasteiger partial charge in [0.1, 0.15) is 0 Å². The van der Waals surface area contributed by atoms with E-state index in [1.165, 1.54) is 31.2 Å². The van der Waals surface area contributed by atoms with Crippen LogP contribution in [0.15, 0.2) is 66.7 Å². The van der Waals surface area contributed by atoms with Gasteiger partial charge in [0.25, 0.3) is 0 Å². The number of hydrogen-bond donors (Lipinski definition) is 1. The minimum absolute atomic E-state index is 0.284. The van der Waals surface area contributed by atoms with Crippen LogP contribution in [0.4, 0.5) is 5.69 Å². The Morgan fingerprint density at radius 2 is 1.61 bits per heavy atom. The molecule has 31 heavy (non-hydrogen) atoms. The first-order valence-corrected chi connectivity index (χ1v) is 11.4. The van der Waals surface area contributed by atoms with Gasteiger partial charge in [0.05, 0.1) is 23.2 Å². The predicted molar refractivity (Wildman–Crippen MR) is 119 cm³/mol. The number of nitrogens with zero attached hydrogens (tertiary/aromatic N) is 1. The molecule has 3 rings (SSSR count). The Hall–Kier alpha value is -3.52. The van der Waals surface area contributed by atoms with E-state index in [-0.39, 0.29) is 5.56 Å². The third kappa shape index (κ3) is 5.76. The lowest BCUT2D eigenvalue weighted by Gasteiger charge is -2.14.